The first kappa shape index (κ1) is 15.7. The standard InChI is InChI=1S/C11H22N2O4/c1-8(12-5)6-13(7-9(14)15)10(16)17-11(2,3)4/h8,12H,6-7H2,1-5H3,(H,14,15). The smallest absolute Gasteiger partial charge is 0.410 e. The van der Waals surface area contributed by atoms with E-state index in [4.69, 9.17) is 9.84 Å². The fraction of sp³-hybridized carbons (Fsp3) is 0.818. The van der Waals surface area contributed by atoms with Crippen molar-refractivity contribution in [2.24, 2.45) is 0 Å². The van der Waals surface area contributed by atoms with E-state index >= 15 is 0 Å². The number of carbonyl (C=O) groups excluding carboxylic acids is 1. The van der Waals surface area contributed by atoms with Gasteiger partial charge in [-0.05, 0) is 34.7 Å². The minimum Gasteiger partial charge on any atom is -0.480 e. The first-order chi connectivity index (χ1) is 7.65. The summed E-state index contributed by atoms with van der Waals surface area (Å²) in [4.78, 5) is 23.6. The van der Waals surface area contributed by atoms with E-state index in [1.54, 1.807) is 27.8 Å². The molecule has 6 nitrogen and oxygen atoms in total. The summed E-state index contributed by atoms with van der Waals surface area (Å²) in [5, 5.41) is 11.7. The number of nitrogens with zero attached hydrogens (tertiary/aromatic N) is 1. The van der Waals surface area contributed by atoms with Crippen LogP contribution in [-0.2, 0) is 9.53 Å². The molecule has 0 rings (SSSR count). The Bertz CT molecular complexity index is 273. The molecule has 1 amide bonds. The Labute approximate surface area is 102 Å². The SMILES string of the molecule is CNC(C)CN(CC(=O)O)C(=O)OC(C)(C)C. The Morgan fingerprint density at radius 1 is 1.41 bits per heavy atom. The fourth-order valence-corrected chi connectivity index (χ4v) is 1.12. The van der Waals surface area contributed by atoms with Crippen molar-refractivity contribution in [2.75, 3.05) is 20.1 Å². The molecule has 100 valence electrons. The number of ether oxygens (including phenoxy) is 1. The lowest BCUT2D eigenvalue weighted by molar-refractivity contribution is -0.138. The molecule has 17 heavy (non-hydrogen) atoms. The largest absolute Gasteiger partial charge is 0.480 e. The van der Waals surface area contributed by atoms with E-state index in [0.29, 0.717) is 0 Å². The van der Waals surface area contributed by atoms with Gasteiger partial charge >= 0.3 is 12.1 Å². The van der Waals surface area contributed by atoms with Crippen LogP contribution < -0.4 is 5.32 Å². The van der Waals surface area contributed by atoms with Gasteiger partial charge in [0.05, 0.1) is 0 Å². The van der Waals surface area contributed by atoms with Gasteiger partial charge in [-0.25, -0.2) is 4.79 Å². The molecule has 0 heterocycles. The number of hydrogen-bond donors (Lipinski definition) is 2. The molecule has 0 aliphatic rings. The first-order valence-electron chi connectivity index (χ1n) is 5.52. The summed E-state index contributed by atoms with van der Waals surface area (Å²) in [5.74, 6) is -1.06. The van der Waals surface area contributed by atoms with Gasteiger partial charge in [-0.1, -0.05) is 0 Å². The normalized spacial score (nSPS) is 13.0. The number of nitrogens with one attached hydrogen (secondary N) is 1. The number of aliphatic carboxylic acids is 1. The monoisotopic (exact) mass is 246 g/mol. The molecule has 0 aromatic carbocycles. The zero-order chi connectivity index (χ0) is 13.6. The van der Waals surface area contributed by atoms with E-state index in [0.717, 1.165) is 0 Å². The first-order valence-corrected chi connectivity index (χ1v) is 5.52. The molecular weight excluding hydrogens is 224 g/mol. The van der Waals surface area contributed by atoms with Gasteiger partial charge in [0.2, 0.25) is 0 Å². The van der Waals surface area contributed by atoms with Crippen LogP contribution in [0.25, 0.3) is 0 Å². The van der Waals surface area contributed by atoms with E-state index < -0.39 is 17.7 Å². The van der Waals surface area contributed by atoms with Crippen LogP contribution in [0, 0.1) is 0 Å². The van der Waals surface area contributed by atoms with Crippen LogP contribution in [0.5, 0.6) is 0 Å². The van der Waals surface area contributed by atoms with Crippen molar-refractivity contribution in [3.63, 3.8) is 0 Å². The number of carbonyl (C=O) groups is 2. The van der Waals surface area contributed by atoms with Gasteiger partial charge in [-0.2, -0.15) is 0 Å². The van der Waals surface area contributed by atoms with Crippen LogP contribution in [0.15, 0.2) is 0 Å². The van der Waals surface area contributed by atoms with Crippen LogP contribution in [0.2, 0.25) is 0 Å². The number of carboxylic acids is 1. The predicted molar refractivity (Wildman–Crippen MR) is 64.0 cm³/mol. The summed E-state index contributed by atoms with van der Waals surface area (Å²) in [6.07, 6.45) is -0.609. The predicted octanol–water partition coefficient (Wildman–Crippen LogP) is 0.916. The van der Waals surface area contributed by atoms with Crippen molar-refractivity contribution in [1.29, 1.82) is 0 Å². The minimum absolute atomic E-state index is 0.00173. The van der Waals surface area contributed by atoms with E-state index in [9.17, 15) is 9.59 Å². The molecule has 1 unspecified atom stereocenters. The summed E-state index contributed by atoms with van der Waals surface area (Å²) >= 11 is 0. The van der Waals surface area contributed by atoms with E-state index in [2.05, 4.69) is 5.32 Å². The average Bonchev–Trinajstić information content (AvgIpc) is 2.13. The van der Waals surface area contributed by atoms with Crippen molar-refractivity contribution < 1.29 is 19.4 Å². The summed E-state index contributed by atoms with van der Waals surface area (Å²) in [7, 11) is 1.75. The van der Waals surface area contributed by atoms with Crippen LogP contribution in [0.3, 0.4) is 0 Å². The molecule has 0 aliphatic carbocycles. The Kier molecular flexibility index (Phi) is 5.95. The maximum absolute atomic E-state index is 11.8. The summed E-state index contributed by atoms with van der Waals surface area (Å²) < 4.78 is 5.14. The van der Waals surface area contributed by atoms with E-state index in [-0.39, 0.29) is 19.1 Å². The topological polar surface area (TPSA) is 78.9 Å². The highest BCUT2D eigenvalue weighted by atomic mass is 16.6. The molecule has 0 fully saturated rings. The van der Waals surface area contributed by atoms with Crippen molar-refractivity contribution in [2.45, 2.75) is 39.3 Å². The second kappa shape index (κ2) is 6.44. The van der Waals surface area contributed by atoms with Crippen molar-refractivity contribution >= 4 is 12.1 Å². The molecule has 0 spiro atoms. The third kappa shape index (κ3) is 7.57. The van der Waals surface area contributed by atoms with Gasteiger partial charge in [0, 0.05) is 12.6 Å². The Morgan fingerprint density at radius 2 is 1.94 bits per heavy atom. The highest BCUT2D eigenvalue weighted by Crippen LogP contribution is 2.10. The van der Waals surface area contributed by atoms with Crippen molar-refractivity contribution in [3.8, 4) is 0 Å². The van der Waals surface area contributed by atoms with Crippen LogP contribution >= 0.6 is 0 Å². The van der Waals surface area contributed by atoms with Crippen LogP contribution in [0.1, 0.15) is 27.7 Å². The molecular formula is C11H22N2O4. The Balaban J connectivity index is 4.56. The summed E-state index contributed by atoms with van der Waals surface area (Å²) in [5.41, 5.74) is -0.628. The number of rotatable bonds is 5. The molecule has 0 saturated carbocycles. The lowest BCUT2D eigenvalue weighted by Crippen LogP contribution is -2.45. The second-order valence-corrected chi connectivity index (χ2v) is 4.94. The van der Waals surface area contributed by atoms with Gasteiger partial charge in [0.25, 0.3) is 0 Å². The summed E-state index contributed by atoms with van der Waals surface area (Å²) in [6.45, 7) is 7.01. The number of hydrogen-bond acceptors (Lipinski definition) is 4. The lowest BCUT2D eigenvalue weighted by atomic mass is 10.2. The number of carboxylic acid groups (broad SMARTS) is 1. The Hall–Kier alpha value is -1.30. The molecule has 0 aliphatic heterocycles. The van der Waals surface area contributed by atoms with Gasteiger partial charge < -0.3 is 15.2 Å². The molecule has 0 bridgehead atoms. The van der Waals surface area contributed by atoms with Gasteiger partial charge in [0.1, 0.15) is 12.1 Å². The molecule has 0 saturated heterocycles. The molecule has 6 heteroatoms. The highest BCUT2D eigenvalue weighted by molar-refractivity contribution is 5.76. The fourth-order valence-electron chi connectivity index (χ4n) is 1.12. The zero-order valence-electron chi connectivity index (χ0n) is 11.1. The third-order valence-corrected chi connectivity index (χ3v) is 1.96. The molecule has 2 N–H and O–H groups in total. The summed E-state index contributed by atoms with van der Waals surface area (Å²) in [6, 6.07) is 0.00173. The van der Waals surface area contributed by atoms with Gasteiger partial charge in [-0.15, -0.1) is 0 Å². The molecule has 0 radical (unpaired) electrons. The average molecular weight is 246 g/mol. The molecule has 0 aromatic heterocycles. The number of amides is 1. The van der Waals surface area contributed by atoms with Crippen molar-refractivity contribution in [3.05, 3.63) is 0 Å². The minimum atomic E-state index is -1.06. The van der Waals surface area contributed by atoms with Crippen LogP contribution in [0.4, 0.5) is 4.79 Å². The van der Waals surface area contributed by atoms with E-state index in [1.165, 1.54) is 4.90 Å². The van der Waals surface area contributed by atoms with Crippen molar-refractivity contribution in [1.82, 2.24) is 10.2 Å². The maximum atomic E-state index is 11.8. The van der Waals surface area contributed by atoms with Gasteiger partial charge in [0.15, 0.2) is 0 Å². The third-order valence-electron chi connectivity index (χ3n) is 1.96. The van der Waals surface area contributed by atoms with E-state index in [1.807, 2.05) is 6.92 Å². The van der Waals surface area contributed by atoms with Crippen LogP contribution in [-0.4, -0.2) is 53.8 Å². The zero-order valence-corrected chi connectivity index (χ0v) is 11.1. The molecule has 1 atom stereocenters. The lowest BCUT2D eigenvalue weighted by Gasteiger charge is -2.28. The quantitative estimate of drug-likeness (QED) is 0.754. The maximum Gasteiger partial charge on any atom is 0.410 e. The molecule has 0 aromatic rings. The second-order valence-electron chi connectivity index (χ2n) is 4.94. The van der Waals surface area contributed by atoms with Gasteiger partial charge in [-0.3, -0.25) is 9.69 Å². The highest BCUT2D eigenvalue weighted by Gasteiger charge is 2.24. The Morgan fingerprint density at radius 3 is 2.29 bits per heavy atom. The number of likely N-dealkylation sites (N-methyl/N-ethyl adjacent to an activating group) is 1.